The Bertz CT molecular complexity index is 827. The highest BCUT2D eigenvalue weighted by molar-refractivity contribution is 6.03. The van der Waals surface area contributed by atoms with Crippen molar-refractivity contribution in [2.75, 3.05) is 17.2 Å². The van der Waals surface area contributed by atoms with Crippen molar-refractivity contribution in [1.29, 1.82) is 0 Å². The number of hydrogen-bond donors (Lipinski definition) is 2. The Labute approximate surface area is 165 Å². The maximum atomic E-state index is 12.5. The lowest BCUT2D eigenvalue weighted by Crippen LogP contribution is -2.22. The van der Waals surface area contributed by atoms with Crippen molar-refractivity contribution in [1.82, 2.24) is 4.98 Å². The Hall–Kier alpha value is -2.89. The minimum atomic E-state index is -0.430. The van der Waals surface area contributed by atoms with Crippen LogP contribution in [0.25, 0.3) is 0 Å². The highest BCUT2D eigenvalue weighted by Crippen LogP contribution is 2.22. The molecule has 148 valence electrons. The van der Waals surface area contributed by atoms with Crippen molar-refractivity contribution in [3.8, 4) is 0 Å². The van der Waals surface area contributed by atoms with Crippen LogP contribution in [0.1, 0.15) is 65.6 Å². The standard InChI is InChI=1S/C22H27N3O3/c1-3-28-22(27)19-13-14-20(23-15(19)2)21(26)25-18-11-9-17(10-12-18)24-16-7-5-4-6-8-16/h9-14,16,24H,3-8H2,1-2H3,(H,25,26). The average molecular weight is 381 g/mol. The van der Waals surface area contributed by atoms with Gasteiger partial charge in [0.25, 0.3) is 5.91 Å². The summed E-state index contributed by atoms with van der Waals surface area (Å²) >= 11 is 0. The second-order valence-electron chi connectivity index (χ2n) is 7.06. The first-order chi connectivity index (χ1) is 13.6. The zero-order valence-corrected chi connectivity index (χ0v) is 16.5. The maximum Gasteiger partial charge on any atom is 0.339 e. The molecule has 0 atom stereocenters. The fraction of sp³-hybridized carbons (Fsp3) is 0.409. The van der Waals surface area contributed by atoms with Gasteiger partial charge in [-0.05, 0) is 63.1 Å². The molecule has 3 rings (SSSR count). The summed E-state index contributed by atoms with van der Waals surface area (Å²) in [6.07, 6.45) is 6.33. The molecular formula is C22H27N3O3. The lowest BCUT2D eigenvalue weighted by atomic mass is 9.95. The number of nitrogens with one attached hydrogen (secondary N) is 2. The highest BCUT2D eigenvalue weighted by atomic mass is 16.5. The van der Waals surface area contributed by atoms with Crippen LogP contribution in [-0.4, -0.2) is 29.5 Å². The molecule has 0 unspecified atom stereocenters. The van der Waals surface area contributed by atoms with Crippen LogP contribution in [0.5, 0.6) is 0 Å². The Kier molecular flexibility index (Phi) is 6.63. The molecule has 0 radical (unpaired) electrons. The first kappa shape index (κ1) is 19.9. The van der Waals surface area contributed by atoms with E-state index < -0.39 is 5.97 Å². The summed E-state index contributed by atoms with van der Waals surface area (Å²) in [5.74, 6) is -0.744. The fourth-order valence-electron chi connectivity index (χ4n) is 3.44. The molecule has 1 aliphatic carbocycles. The van der Waals surface area contributed by atoms with Crippen molar-refractivity contribution in [3.63, 3.8) is 0 Å². The number of aryl methyl sites for hydroxylation is 1. The maximum absolute atomic E-state index is 12.5. The summed E-state index contributed by atoms with van der Waals surface area (Å²) in [5.41, 5.74) is 2.87. The molecule has 1 aromatic carbocycles. The summed E-state index contributed by atoms with van der Waals surface area (Å²) in [4.78, 5) is 28.6. The Morgan fingerprint density at radius 3 is 2.36 bits per heavy atom. The predicted octanol–water partition coefficient (Wildman–Crippen LogP) is 4.56. The number of hydrogen-bond acceptors (Lipinski definition) is 5. The van der Waals surface area contributed by atoms with Crippen molar-refractivity contribution < 1.29 is 14.3 Å². The molecule has 1 heterocycles. The average Bonchev–Trinajstić information content (AvgIpc) is 2.70. The molecule has 6 heteroatoms. The van der Waals surface area contributed by atoms with E-state index in [1.165, 1.54) is 38.2 Å². The van der Waals surface area contributed by atoms with Gasteiger partial charge in [0, 0.05) is 17.4 Å². The zero-order chi connectivity index (χ0) is 19.9. The largest absolute Gasteiger partial charge is 0.462 e. The van der Waals surface area contributed by atoms with E-state index in [0.29, 0.717) is 29.6 Å². The number of esters is 1. The smallest absolute Gasteiger partial charge is 0.339 e. The van der Waals surface area contributed by atoms with Gasteiger partial charge in [-0.1, -0.05) is 19.3 Å². The molecule has 1 aromatic heterocycles. The number of aromatic nitrogens is 1. The number of amides is 1. The van der Waals surface area contributed by atoms with Crippen molar-refractivity contribution >= 4 is 23.3 Å². The van der Waals surface area contributed by atoms with Gasteiger partial charge in [0.1, 0.15) is 5.69 Å². The first-order valence-electron chi connectivity index (χ1n) is 9.89. The molecule has 1 amide bonds. The molecule has 0 bridgehead atoms. The zero-order valence-electron chi connectivity index (χ0n) is 16.5. The number of pyridine rings is 1. The van der Waals surface area contributed by atoms with Gasteiger partial charge in [-0.25, -0.2) is 9.78 Å². The van der Waals surface area contributed by atoms with Gasteiger partial charge < -0.3 is 15.4 Å². The van der Waals surface area contributed by atoms with E-state index in [2.05, 4.69) is 15.6 Å². The Morgan fingerprint density at radius 1 is 1.04 bits per heavy atom. The van der Waals surface area contributed by atoms with Crippen LogP contribution < -0.4 is 10.6 Å². The number of nitrogens with zero attached hydrogens (tertiary/aromatic N) is 1. The van der Waals surface area contributed by atoms with Gasteiger partial charge in [0.05, 0.1) is 17.9 Å². The second-order valence-corrected chi connectivity index (χ2v) is 7.06. The monoisotopic (exact) mass is 381 g/mol. The third-order valence-corrected chi connectivity index (χ3v) is 4.93. The minimum absolute atomic E-state index is 0.259. The number of carbonyl (C=O) groups excluding carboxylic acids is 2. The van der Waals surface area contributed by atoms with Gasteiger partial charge in [0.15, 0.2) is 0 Å². The summed E-state index contributed by atoms with van der Waals surface area (Å²) in [5, 5.41) is 6.40. The van der Waals surface area contributed by atoms with E-state index in [0.717, 1.165) is 5.69 Å². The lowest BCUT2D eigenvalue weighted by Gasteiger charge is -2.23. The van der Waals surface area contributed by atoms with E-state index >= 15 is 0 Å². The summed E-state index contributed by atoms with van der Waals surface area (Å²) in [6, 6.07) is 11.4. The molecule has 0 aliphatic heterocycles. The molecule has 2 aromatic rings. The molecule has 1 saturated carbocycles. The van der Waals surface area contributed by atoms with Gasteiger partial charge in [-0.15, -0.1) is 0 Å². The van der Waals surface area contributed by atoms with Gasteiger partial charge in [-0.3, -0.25) is 4.79 Å². The van der Waals surface area contributed by atoms with Crippen LogP contribution in [0.2, 0.25) is 0 Å². The first-order valence-corrected chi connectivity index (χ1v) is 9.89. The molecule has 6 nitrogen and oxygen atoms in total. The molecule has 1 fully saturated rings. The molecular weight excluding hydrogens is 354 g/mol. The number of carbonyl (C=O) groups is 2. The topological polar surface area (TPSA) is 80.3 Å². The molecule has 2 N–H and O–H groups in total. The summed E-state index contributed by atoms with van der Waals surface area (Å²) < 4.78 is 4.98. The SMILES string of the molecule is CCOC(=O)c1ccc(C(=O)Nc2ccc(NC3CCCCC3)cc2)nc1C. The van der Waals surface area contributed by atoms with Crippen molar-refractivity contribution in [2.45, 2.75) is 52.0 Å². The minimum Gasteiger partial charge on any atom is -0.462 e. The molecule has 28 heavy (non-hydrogen) atoms. The Morgan fingerprint density at radius 2 is 1.71 bits per heavy atom. The summed E-state index contributed by atoms with van der Waals surface area (Å²) in [6.45, 7) is 3.74. The van der Waals surface area contributed by atoms with E-state index in [1.807, 2.05) is 24.3 Å². The van der Waals surface area contributed by atoms with Crippen LogP contribution >= 0.6 is 0 Å². The molecule has 1 aliphatic rings. The number of rotatable bonds is 6. The van der Waals surface area contributed by atoms with Gasteiger partial charge in [0.2, 0.25) is 0 Å². The van der Waals surface area contributed by atoms with E-state index in [4.69, 9.17) is 4.74 Å². The second kappa shape index (κ2) is 9.35. The van der Waals surface area contributed by atoms with Crippen LogP contribution in [0.15, 0.2) is 36.4 Å². The van der Waals surface area contributed by atoms with E-state index in [9.17, 15) is 9.59 Å². The van der Waals surface area contributed by atoms with Crippen LogP contribution in [0.3, 0.4) is 0 Å². The lowest BCUT2D eigenvalue weighted by molar-refractivity contribution is 0.0524. The third kappa shape index (κ3) is 5.09. The molecule has 0 spiro atoms. The van der Waals surface area contributed by atoms with Gasteiger partial charge >= 0.3 is 5.97 Å². The quantitative estimate of drug-likeness (QED) is 0.717. The normalized spacial score (nSPS) is 14.4. The van der Waals surface area contributed by atoms with E-state index in [-0.39, 0.29) is 11.6 Å². The van der Waals surface area contributed by atoms with Crippen LogP contribution in [0.4, 0.5) is 11.4 Å². The van der Waals surface area contributed by atoms with Crippen molar-refractivity contribution in [3.05, 3.63) is 53.3 Å². The fourth-order valence-corrected chi connectivity index (χ4v) is 3.44. The van der Waals surface area contributed by atoms with Crippen LogP contribution in [0, 0.1) is 6.92 Å². The van der Waals surface area contributed by atoms with Crippen molar-refractivity contribution in [2.24, 2.45) is 0 Å². The predicted molar refractivity (Wildman–Crippen MR) is 110 cm³/mol. The van der Waals surface area contributed by atoms with Crippen LogP contribution in [-0.2, 0) is 4.74 Å². The number of benzene rings is 1. The summed E-state index contributed by atoms with van der Waals surface area (Å²) in [7, 11) is 0. The molecule has 0 saturated heterocycles. The third-order valence-electron chi connectivity index (χ3n) is 4.93. The van der Waals surface area contributed by atoms with E-state index in [1.54, 1.807) is 19.9 Å². The Balaban J connectivity index is 1.61. The number of ether oxygens (including phenoxy) is 1. The van der Waals surface area contributed by atoms with Gasteiger partial charge in [-0.2, -0.15) is 0 Å². The number of anilines is 2. The highest BCUT2D eigenvalue weighted by Gasteiger charge is 2.15.